The molecule has 0 spiro atoms. The van der Waals surface area contributed by atoms with Gasteiger partial charge in [-0.1, -0.05) is 17.7 Å². The number of hydrogen-bond donors (Lipinski definition) is 1. The van der Waals surface area contributed by atoms with E-state index in [1.807, 2.05) is 6.92 Å². The molecule has 2 N–H and O–H groups in total. The summed E-state index contributed by atoms with van der Waals surface area (Å²) in [6.07, 6.45) is 3.16. The van der Waals surface area contributed by atoms with Crippen molar-refractivity contribution >= 4 is 11.6 Å². The van der Waals surface area contributed by atoms with Gasteiger partial charge in [0.05, 0.1) is 6.04 Å². The fourth-order valence-corrected chi connectivity index (χ4v) is 2.01. The number of aromatic nitrogens is 1. The number of nitrogens with two attached hydrogens (primary N) is 1. The molecule has 94 valence electrons. The van der Waals surface area contributed by atoms with Crippen LogP contribution in [0.1, 0.15) is 22.7 Å². The Bertz CT molecular complexity index is 587. The van der Waals surface area contributed by atoms with E-state index in [4.69, 9.17) is 17.3 Å². The second-order valence-corrected chi connectivity index (χ2v) is 4.44. The zero-order valence-corrected chi connectivity index (χ0v) is 10.4. The van der Waals surface area contributed by atoms with Gasteiger partial charge in [-0.05, 0) is 30.2 Å². The van der Waals surface area contributed by atoms with E-state index in [2.05, 4.69) is 4.98 Å². The summed E-state index contributed by atoms with van der Waals surface area (Å²) in [5, 5.41) is 0.0999. The molecule has 18 heavy (non-hydrogen) atoms. The second kappa shape index (κ2) is 5.00. The highest BCUT2D eigenvalue weighted by Gasteiger charge is 2.20. The van der Waals surface area contributed by atoms with Crippen molar-refractivity contribution in [2.24, 2.45) is 5.73 Å². The van der Waals surface area contributed by atoms with Crippen molar-refractivity contribution in [2.75, 3.05) is 0 Å². The third kappa shape index (κ3) is 2.35. The summed E-state index contributed by atoms with van der Waals surface area (Å²) in [7, 11) is 0. The summed E-state index contributed by atoms with van der Waals surface area (Å²) < 4.78 is 26.9. The first-order valence-corrected chi connectivity index (χ1v) is 5.69. The maximum atomic E-state index is 13.7. The van der Waals surface area contributed by atoms with Crippen LogP contribution in [-0.4, -0.2) is 4.98 Å². The van der Waals surface area contributed by atoms with E-state index in [-0.39, 0.29) is 10.6 Å². The number of halogens is 3. The van der Waals surface area contributed by atoms with Gasteiger partial charge in [0.1, 0.15) is 0 Å². The van der Waals surface area contributed by atoms with Crippen LogP contribution < -0.4 is 5.73 Å². The fourth-order valence-electron chi connectivity index (χ4n) is 1.74. The molecule has 5 heteroatoms. The summed E-state index contributed by atoms with van der Waals surface area (Å²) >= 11 is 5.88. The van der Waals surface area contributed by atoms with Gasteiger partial charge in [0.15, 0.2) is 11.6 Å². The topological polar surface area (TPSA) is 38.9 Å². The van der Waals surface area contributed by atoms with E-state index in [0.29, 0.717) is 5.56 Å². The molecule has 2 rings (SSSR count). The molecule has 0 bridgehead atoms. The summed E-state index contributed by atoms with van der Waals surface area (Å²) in [6.45, 7) is 1.84. The Balaban J connectivity index is 2.52. The first kappa shape index (κ1) is 12.9. The Labute approximate surface area is 108 Å². The molecule has 0 amide bonds. The molecule has 1 atom stereocenters. The van der Waals surface area contributed by atoms with E-state index in [1.54, 1.807) is 12.3 Å². The van der Waals surface area contributed by atoms with Crippen LogP contribution in [0.4, 0.5) is 8.78 Å². The summed E-state index contributed by atoms with van der Waals surface area (Å²) in [5.74, 6) is -1.98. The quantitative estimate of drug-likeness (QED) is 0.848. The predicted octanol–water partition coefficient (Wildman–Crippen LogP) is 3.37. The van der Waals surface area contributed by atoms with E-state index in [9.17, 15) is 8.78 Å². The molecule has 2 nitrogen and oxygen atoms in total. The van der Waals surface area contributed by atoms with Crippen LogP contribution in [-0.2, 0) is 0 Å². The van der Waals surface area contributed by atoms with Crippen molar-refractivity contribution in [3.05, 3.63) is 63.9 Å². The Hall–Kier alpha value is -1.52. The Kier molecular flexibility index (Phi) is 3.59. The van der Waals surface area contributed by atoms with Crippen molar-refractivity contribution in [1.82, 2.24) is 4.98 Å². The maximum absolute atomic E-state index is 13.7. The smallest absolute Gasteiger partial charge is 0.165 e. The lowest BCUT2D eigenvalue weighted by molar-refractivity contribution is 0.494. The summed E-state index contributed by atoms with van der Waals surface area (Å²) in [6, 6.07) is 3.18. The van der Waals surface area contributed by atoms with Crippen LogP contribution in [0.15, 0.2) is 30.6 Å². The lowest BCUT2D eigenvalue weighted by Crippen LogP contribution is -2.15. The van der Waals surface area contributed by atoms with Crippen molar-refractivity contribution in [3.63, 3.8) is 0 Å². The molecule has 1 aromatic heterocycles. The van der Waals surface area contributed by atoms with Crippen molar-refractivity contribution < 1.29 is 8.78 Å². The van der Waals surface area contributed by atoms with Gasteiger partial charge in [-0.3, -0.25) is 4.98 Å². The summed E-state index contributed by atoms with van der Waals surface area (Å²) in [4.78, 5) is 3.97. The van der Waals surface area contributed by atoms with Crippen LogP contribution in [0.2, 0.25) is 5.02 Å². The first-order chi connectivity index (χ1) is 8.50. The van der Waals surface area contributed by atoms with Crippen LogP contribution in [0.25, 0.3) is 0 Å². The molecule has 0 radical (unpaired) electrons. The van der Waals surface area contributed by atoms with Crippen LogP contribution >= 0.6 is 11.6 Å². The van der Waals surface area contributed by atoms with E-state index >= 15 is 0 Å². The van der Waals surface area contributed by atoms with Gasteiger partial charge in [-0.25, -0.2) is 8.78 Å². The van der Waals surface area contributed by atoms with Crippen LogP contribution in [0.5, 0.6) is 0 Å². The van der Waals surface area contributed by atoms with Crippen molar-refractivity contribution in [2.45, 2.75) is 13.0 Å². The zero-order chi connectivity index (χ0) is 13.3. The molecule has 1 heterocycles. The maximum Gasteiger partial charge on any atom is 0.165 e. The minimum Gasteiger partial charge on any atom is -0.320 e. The molecule has 0 saturated heterocycles. The first-order valence-electron chi connectivity index (χ1n) is 5.31. The zero-order valence-electron chi connectivity index (χ0n) is 9.62. The largest absolute Gasteiger partial charge is 0.320 e. The molecular weight excluding hydrogens is 258 g/mol. The SMILES string of the molecule is Cc1cncc(C(N)c2c(Cl)ccc(F)c2F)c1. The number of benzene rings is 1. The highest BCUT2D eigenvalue weighted by molar-refractivity contribution is 6.31. The monoisotopic (exact) mass is 268 g/mol. The van der Waals surface area contributed by atoms with Crippen LogP contribution in [0.3, 0.4) is 0 Å². The predicted molar refractivity (Wildman–Crippen MR) is 66.4 cm³/mol. The van der Waals surface area contributed by atoms with Gasteiger partial charge >= 0.3 is 0 Å². The summed E-state index contributed by atoms with van der Waals surface area (Å²) in [5.41, 5.74) is 7.34. The molecule has 1 aromatic carbocycles. The van der Waals surface area contributed by atoms with Crippen LogP contribution in [0, 0.1) is 18.6 Å². The standard InChI is InChI=1S/C13H11ClF2N2/c1-7-4-8(6-18-5-7)13(17)11-9(14)2-3-10(15)12(11)16/h2-6,13H,17H2,1H3. The molecule has 2 aromatic rings. The average Bonchev–Trinajstić information content (AvgIpc) is 2.34. The van der Waals surface area contributed by atoms with Gasteiger partial charge in [0.2, 0.25) is 0 Å². The third-order valence-electron chi connectivity index (χ3n) is 2.65. The van der Waals surface area contributed by atoms with Gasteiger partial charge in [0.25, 0.3) is 0 Å². The molecule has 0 aliphatic heterocycles. The van der Waals surface area contributed by atoms with Gasteiger partial charge in [-0.2, -0.15) is 0 Å². The number of nitrogens with zero attached hydrogens (tertiary/aromatic N) is 1. The van der Waals surface area contributed by atoms with Crippen molar-refractivity contribution in [3.8, 4) is 0 Å². The van der Waals surface area contributed by atoms with E-state index < -0.39 is 17.7 Å². The second-order valence-electron chi connectivity index (χ2n) is 4.03. The average molecular weight is 269 g/mol. The molecule has 0 saturated carbocycles. The van der Waals surface area contributed by atoms with E-state index in [0.717, 1.165) is 11.6 Å². The van der Waals surface area contributed by atoms with Gasteiger partial charge in [-0.15, -0.1) is 0 Å². The minimum atomic E-state index is -1.02. The molecule has 0 fully saturated rings. The highest BCUT2D eigenvalue weighted by atomic mass is 35.5. The molecular formula is C13H11ClF2N2. The van der Waals surface area contributed by atoms with Crippen molar-refractivity contribution in [1.29, 1.82) is 0 Å². The highest BCUT2D eigenvalue weighted by Crippen LogP contribution is 2.30. The fraction of sp³-hybridized carbons (Fsp3) is 0.154. The Morgan fingerprint density at radius 3 is 2.67 bits per heavy atom. The number of hydrogen-bond acceptors (Lipinski definition) is 2. The number of aryl methyl sites for hydroxylation is 1. The number of pyridine rings is 1. The molecule has 1 unspecified atom stereocenters. The Morgan fingerprint density at radius 1 is 1.28 bits per heavy atom. The normalized spacial score (nSPS) is 12.5. The Morgan fingerprint density at radius 2 is 2.00 bits per heavy atom. The van der Waals surface area contributed by atoms with E-state index in [1.165, 1.54) is 12.3 Å². The lowest BCUT2D eigenvalue weighted by atomic mass is 9.99. The third-order valence-corrected chi connectivity index (χ3v) is 2.98. The molecule has 0 aliphatic carbocycles. The van der Waals surface area contributed by atoms with Gasteiger partial charge in [0, 0.05) is 23.0 Å². The molecule has 0 aliphatic rings. The van der Waals surface area contributed by atoms with Gasteiger partial charge < -0.3 is 5.73 Å². The lowest BCUT2D eigenvalue weighted by Gasteiger charge is -2.15. The minimum absolute atomic E-state index is 0.0518. The number of rotatable bonds is 2.